The van der Waals surface area contributed by atoms with E-state index in [1.54, 1.807) is 7.11 Å². The van der Waals surface area contributed by atoms with Gasteiger partial charge in [-0.25, -0.2) is 0 Å². The fourth-order valence-corrected chi connectivity index (χ4v) is 2.34. The summed E-state index contributed by atoms with van der Waals surface area (Å²) in [5.41, 5.74) is 8.74. The van der Waals surface area contributed by atoms with Crippen LogP contribution >= 0.6 is 0 Å². The maximum Gasteiger partial charge on any atom is 0.119 e. The van der Waals surface area contributed by atoms with E-state index in [1.807, 2.05) is 36.4 Å². The van der Waals surface area contributed by atoms with Crippen LogP contribution in [0.3, 0.4) is 0 Å². The summed E-state index contributed by atoms with van der Waals surface area (Å²) in [5, 5.41) is 0. The maximum absolute atomic E-state index is 6.19. The predicted molar refractivity (Wildman–Crippen MR) is 95.2 cm³/mol. The lowest BCUT2D eigenvalue weighted by molar-refractivity contribution is 0.290. The molecule has 0 saturated carbocycles. The van der Waals surface area contributed by atoms with Crippen molar-refractivity contribution in [3.05, 3.63) is 59.7 Å². The SMILES string of the molecule is CCC(C)(C)c1ccc(OCC(N)c2ccc(OC)cc2)cc1. The van der Waals surface area contributed by atoms with Gasteiger partial charge >= 0.3 is 0 Å². The van der Waals surface area contributed by atoms with Gasteiger partial charge < -0.3 is 15.2 Å². The van der Waals surface area contributed by atoms with Gasteiger partial charge in [-0.15, -0.1) is 0 Å². The number of nitrogens with two attached hydrogens (primary N) is 1. The highest BCUT2D eigenvalue weighted by atomic mass is 16.5. The molecule has 2 N–H and O–H groups in total. The third kappa shape index (κ3) is 4.49. The molecule has 0 heterocycles. The second-order valence-corrected chi connectivity index (χ2v) is 6.45. The largest absolute Gasteiger partial charge is 0.497 e. The summed E-state index contributed by atoms with van der Waals surface area (Å²) in [6.07, 6.45) is 1.11. The summed E-state index contributed by atoms with van der Waals surface area (Å²) in [7, 11) is 1.65. The number of methoxy groups -OCH3 is 1. The maximum atomic E-state index is 6.19. The second kappa shape index (κ2) is 7.51. The second-order valence-electron chi connectivity index (χ2n) is 6.45. The fourth-order valence-electron chi connectivity index (χ4n) is 2.34. The quantitative estimate of drug-likeness (QED) is 0.820. The standard InChI is InChI=1S/C20H27NO2/c1-5-20(2,3)16-8-12-18(13-9-16)23-14-19(21)15-6-10-17(22-4)11-7-15/h6-13,19H,5,14,21H2,1-4H3. The Bertz CT molecular complexity index is 603. The van der Waals surface area contributed by atoms with Crippen LogP contribution in [0.25, 0.3) is 0 Å². The molecule has 3 nitrogen and oxygen atoms in total. The van der Waals surface area contributed by atoms with Crippen molar-refractivity contribution in [1.29, 1.82) is 0 Å². The van der Waals surface area contributed by atoms with Crippen molar-refractivity contribution in [3.8, 4) is 11.5 Å². The molecule has 3 heteroatoms. The molecule has 0 fully saturated rings. The molecule has 0 saturated heterocycles. The first-order chi connectivity index (χ1) is 11.0. The summed E-state index contributed by atoms with van der Waals surface area (Å²) in [6, 6.07) is 15.9. The minimum Gasteiger partial charge on any atom is -0.497 e. The molecule has 23 heavy (non-hydrogen) atoms. The van der Waals surface area contributed by atoms with Crippen LogP contribution in [-0.4, -0.2) is 13.7 Å². The average molecular weight is 313 g/mol. The van der Waals surface area contributed by atoms with Crippen LogP contribution in [0.4, 0.5) is 0 Å². The number of rotatable bonds is 7. The Balaban J connectivity index is 1.94. The van der Waals surface area contributed by atoms with Gasteiger partial charge in [0.05, 0.1) is 13.2 Å². The Morgan fingerprint density at radius 2 is 1.52 bits per heavy atom. The van der Waals surface area contributed by atoms with Crippen LogP contribution in [0, 0.1) is 0 Å². The van der Waals surface area contributed by atoms with Gasteiger partial charge in [-0.1, -0.05) is 45.0 Å². The number of ether oxygens (including phenoxy) is 2. The highest BCUT2D eigenvalue weighted by molar-refractivity contribution is 5.32. The highest BCUT2D eigenvalue weighted by Crippen LogP contribution is 2.28. The van der Waals surface area contributed by atoms with Crippen LogP contribution in [0.2, 0.25) is 0 Å². The minimum absolute atomic E-state index is 0.160. The zero-order valence-electron chi connectivity index (χ0n) is 14.5. The van der Waals surface area contributed by atoms with Crippen LogP contribution in [0.5, 0.6) is 11.5 Å². The summed E-state index contributed by atoms with van der Waals surface area (Å²) >= 11 is 0. The minimum atomic E-state index is -0.160. The molecule has 1 unspecified atom stereocenters. The lowest BCUT2D eigenvalue weighted by Gasteiger charge is -2.23. The first-order valence-electron chi connectivity index (χ1n) is 8.09. The molecular formula is C20H27NO2. The Morgan fingerprint density at radius 1 is 0.957 bits per heavy atom. The molecule has 2 aromatic rings. The van der Waals surface area contributed by atoms with Crippen molar-refractivity contribution in [2.24, 2.45) is 5.73 Å². The van der Waals surface area contributed by atoms with Crippen LogP contribution in [-0.2, 0) is 5.41 Å². The van der Waals surface area contributed by atoms with E-state index >= 15 is 0 Å². The van der Waals surface area contributed by atoms with Gasteiger partial charge in [0.1, 0.15) is 18.1 Å². The molecule has 0 aliphatic heterocycles. The smallest absolute Gasteiger partial charge is 0.119 e. The molecule has 0 radical (unpaired) electrons. The van der Waals surface area contributed by atoms with Gasteiger partial charge in [0.2, 0.25) is 0 Å². The first kappa shape index (κ1) is 17.4. The summed E-state index contributed by atoms with van der Waals surface area (Å²) in [4.78, 5) is 0. The predicted octanol–water partition coefficient (Wildman–Crippen LogP) is 4.46. The Kier molecular flexibility index (Phi) is 5.67. The summed E-state index contributed by atoms with van der Waals surface area (Å²) in [5.74, 6) is 1.68. The lowest BCUT2D eigenvalue weighted by atomic mass is 9.82. The molecule has 0 aliphatic carbocycles. The molecule has 0 aromatic heterocycles. The van der Waals surface area contributed by atoms with Crippen molar-refractivity contribution in [3.63, 3.8) is 0 Å². The van der Waals surface area contributed by atoms with Gasteiger partial charge in [0.25, 0.3) is 0 Å². The van der Waals surface area contributed by atoms with E-state index in [2.05, 4.69) is 32.9 Å². The number of hydrogen-bond acceptors (Lipinski definition) is 3. The first-order valence-corrected chi connectivity index (χ1v) is 8.09. The Hall–Kier alpha value is -2.00. The highest BCUT2D eigenvalue weighted by Gasteiger charge is 2.17. The molecule has 0 bridgehead atoms. The Morgan fingerprint density at radius 3 is 2.04 bits per heavy atom. The Labute approximate surface area is 139 Å². The van der Waals surface area contributed by atoms with E-state index in [4.69, 9.17) is 15.2 Å². The fraction of sp³-hybridized carbons (Fsp3) is 0.400. The van der Waals surface area contributed by atoms with Gasteiger partial charge in [-0.3, -0.25) is 0 Å². The van der Waals surface area contributed by atoms with Crippen LogP contribution in [0.15, 0.2) is 48.5 Å². The van der Waals surface area contributed by atoms with Crippen LogP contribution < -0.4 is 15.2 Å². The number of hydrogen-bond donors (Lipinski definition) is 1. The van der Waals surface area contributed by atoms with E-state index in [0.29, 0.717) is 6.61 Å². The van der Waals surface area contributed by atoms with Gasteiger partial charge in [0.15, 0.2) is 0 Å². The van der Waals surface area contributed by atoms with Crippen molar-refractivity contribution < 1.29 is 9.47 Å². The van der Waals surface area contributed by atoms with Crippen molar-refractivity contribution in [2.75, 3.05) is 13.7 Å². The van der Waals surface area contributed by atoms with Crippen molar-refractivity contribution >= 4 is 0 Å². The van der Waals surface area contributed by atoms with Crippen molar-refractivity contribution in [1.82, 2.24) is 0 Å². The topological polar surface area (TPSA) is 44.5 Å². The van der Waals surface area contributed by atoms with Crippen LogP contribution in [0.1, 0.15) is 44.4 Å². The summed E-state index contributed by atoms with van der Waals surface area (Å²) in [6.45, 7) is 7.16. The van der Waals surface area contributed by atoms with E-state index in [9.17, 15) is 0 Å². The van der Waals surface area contributed by atoms with Gasteiger partial charge in [-0.05, 0) is 47.2 Å². The average Bonchev–Trinajstić information content (AvgIpc) is 2.60. The van der Waals surface area contributed by atoms with Crippen molar-refractivity contribution in [2.45, 2.75) is 38.6 Å². The molecule has 1 atom stereocenters. The third-order valence-electron chi connectivity index (χ3n) is 4.49. The van der Waals surface area contributed by atoms with Gasteiger partial charge in [0, 0.05) is 0 Å². The van der Waals surface area contributed by atoms with E-state index in [1.165, 1.54) is 5.56 Å². The molecule has 2 rings (SSSR count). The normalized spacial score (nSPS) is 12.7. The van der Waals surface area contributed by atoms with E-state index in [0.717, 1.165) is 23.5 Å². The molecule has 0 aliphatic rings. The molecule has 2 aromatic carbocycles. The molecule has 124 valence electrons. The molecular weight excluding hydrogens is 286 g/mol. The summed E-state index contributed by atoms with van der Waals surface area (Å²) < 4.78 is 11.0. The molecule has 0 amide bonds. The van der Waals surface area contributed by atoms with Gasteiger partial charge in [-0.2, -0.15) is 0 Å². The molecule has 0 spiro atoms. The van der Waals surface area contributed by atoms with E-state index in [-0.39, 0.29) is 11.5 Å². The monoisotopic (exact) mass is 313 g/mol. The third-order valence-corrected chi connectivity index (χ3v) is 4.49. The zero-order chi connectivity index (χ0) is 16.9. The lowest BCUT2D eigenvalue weighted by Crippen LogP contribution is -2.19. The van der Waals surface area contributed by atoms with E-state index < -0.39 is 0 Å². The number of benzene rings is 2. The zero-order valence-corrected chi connectivity index (χ0v) is 14.5.